The van der Waals surface area contributed by atoms with Gasteiger partial charge >= 0.3 is 0 Å². The van der Waals surface area contributed by atoms with Crippen LogP contribution in [-0.4, -0.2) is 15.9 Å². The van der Waals surface area contributed by atoms with E-state index in [1.54, 1.807) is 6.07 Å². The summed E-state index contributed by atoms with van der Waals surface area (Å²) in [6.07, 6.45) is 0. The second-order valence-corrected chi connectivity index (χ2v) is 4.77. The molecule has 3 nitrogen and oxygen atoms in total. The van der Waals surface area contributed by atoms with Gasteiger partial charge in [0.15, 0.2) is 0 Å². The Hall–Kier alpha value is 0.0900. The summed E-state index contributed by atoms with van der Waals surface area (Å²) in [4.78, 5) is 0.181. The summed E-state index contributed by atoms with van der Waals surface area (Å²) in [6, 6.07) is 3.07. The highest BCUT2D eigenvalue weighted by Gasteiger charge is 2.06. The number of ether oxygens (including phenoxy) is 1. The number of rotatable bonds is 2. The topological polar surface area (TPSA) is 49.4 Å². The molecule has 1 aromatic carbocycles. The van der Waals surface area contributed by atoms with E-state index in [-0.39, 0.29) is 4.90 Å². The monoisotopic (exact) mass is 327 g/mol. The molecule has 0 aliphatic heterocycles. The summed E-state index contributed by atoms with van der Waals surface area (Å²) >= 11 is 4.11. The highest BCUT2D eigenvalue weighted by atomic mass is 79.9. The van der Waals surface area contributed by atoms with Gasteiger partial charge in [-0.15, -0.1) is 0 Å². The third-order valence-corrected chi connectivity index (χ3v) is 3.62. The van der Waals surface area contributed by atoms with Crippen molar-refractivity contribution in [3.8, 4) is 5.75 Å². The summed E-state index contributed by atoms with van der Waals surface area (Å²) < 4.78 is 27.6. The molecule has 1 atom stereocenters. The van der Waals surface area contributed by atoms with Crippen molar-refractivity contribution >= 4 is 42.9 Å². The van der Waals surface area contributed by atoms with Crippen molar-refractivity contribution in [1.82, 2.24) is 0 Å². The van der Waals surface area contributed by atoms with Crippen molar-refractivity contribution in [3.63, 3.8) is 0 Å². The van der Waals surface area contributed by atoms with E-state index in [1.807, 2.05) is 0 Å². The molecule has 0 amide bonds. The third-order valence-electron chi connectivity index (χ3n) is 1.39. The van der Waals surface area contributed by atoms with Gasteiger partial charge in [0.1, 0.15) is 5.75 Å². The maximum absolute atomic E-state index is 10.7. The fraction of sp³-hybridized carbons (Fsp3) is 0.143. The Labute approximate surface area is 95.0 Å². The molecule has 1 aromatic rings. The van der Waals surface area contributed by atoms with Gasteiger partial charge in [-0.25, -0.2) is 0 Å². The molecule has 0 bridgehead atoms. The summed E-state index contributed by atoms with van der Waals surface area (Å²) in [6.45, 7) is 0. The molecule has 13 heavy (non-hydrogen) atoms. The van der Waals surface area contributed by atoms with Crippen molar-refractivity contribution < 1.29 is 13.5 Å². The molecular weight excluding hydrogens is 324 g/mol. The van der Waals surface area contributed by atoms with Crippen LogP contribution >= 0.6 is 31.9 Å². The number of methoxy groups -OCH3 is 1. The van der Waals surface area contributed by atoms with Gasteiger partial charge in [-0.3, -0.25) is 4.21 Å². The SMILES string of the molecule is COc1cc(S(=O)[O-])c(Br)cc1Br. The minimum atomic E-state index is -2.26. The average Bonchev–Trinajstić information content (AvgIpc) is 2.03. The van der Waals surface area contributed by atoms with Crippen LogP contribution in [0.5, 0.6) is 5.75 Å². The molecule has 0 aliphatic carbocycles. The van der Waals surface area contributed by atoms with Gasteiger partial charge in [0, 0.05) is 9.37 Å². The van der Waals surface area contributed by atoms with Crippen LogP contribution in [0.4, 0.5) is 0 Å². The largest absolute Gasteiger partial charge is 0.768 e. The molecule has 1 unspecified atom stereocenters. The van der Waals surface area contributed by atoms with E-state index in [0.29, 0.717) is 14.7 Å². The Kier molecular flexibility index (Phi) is 3.90. The van der Waals surface area contributed by atoms with E-state index in [0.717, 1.165) is 0 Å². The third kappa shape index (κ3) is 2.52. The second kappa shape index (κ2) is 4.54. The Morgan fingerprint density at radius 3 is 2.46 bits per heavy atom. The first-order chi connectivity index (χ1) is 6.06. The van der Waals surface area contributed by atoms with E-state index in [4.69, 9.17) is 4.74 Å². The highest BCUT2D eigenvalue weighted by Crippen LogP contribution is 2.32. The van der Waals surface area contributed by atoms with E-state index in [2.05, 4.69) is 31.9 Å². The van der Waals surface area contributed by atoms with E-state index >= 15 is 0 Å². The van der Waals surface area contributed by atoms with Gasteiger partial charge in [-0.05, 0) is 55.1 Å². The lowest BCUT2D eigenvalue weighted by atomic mass is 10.3. The van der Waals surface area contributed by atoms with Crippen LogP contribution in [0.1, 0.15) is 0 Å². The van der Waals surface area contributed by atoms with E-state index < -0.39 is 11.1 Å². The van der Waals surface area contributed by atoms with Crippen molar-refractivity contribution in [1.29, 1.82) is 0 Å². The molecular formula is C7H5Br2O3S-. The maximum Gasteiger partial charge on any atom is 0.134 e. The Morgan fingerprint density at radius 1 is 1.38 bits per heavy atom. The number of halogens is 2. The van der Waals surface area contributed by atoms with E-state index in [9.17, 15) is 8.76 Å². The number of hydrogen-bond donors (Lipinski definition) is 0. The Morgan fingerprint density at radius 2 is 2.00 bits per heavy atom. The fourth-order valence-corrected chi connectivity index (χ4v) is 2.77. The molecule has 1 rings (SSSR count). The molecule has 0 radical (unpaired) electrons. The van der Waals surface area contributed by atoms with Crippen LogP contribution < -0.4 is 4.74 Å². The summed E-state index contributed by atoms with van der Waals surface area (Å²) in [5.74, 6) is 0.488. The number of hydrogen-bond acceptors (Lipinski definition) is 3. The smallest absolute Gasteiger partial charge is 0.134 e. The van der Waals surface area contributed by atoms with Gasteiger partial charge in [-0.2, -0.15) is 0 Å². The van der Waals surface area contributed by atoms with Gasteiger partial charge < -0.3 is 9.29 Å². The summed E-state index contributed by atoms with van der Waals surface area (Å²) in [5.41, 5.74) is 0. The molecule has 0 saturated carbocycles. The quantitative estimate of drug-likeness (QED) is 0.783. The predicted molar refractivity (Wildman–Crippen MR) is 55.6 cm³/mol. The van der Waals surface area contributed by atoms with Crippen molar-refractivity contribution in [2.24, 2.45) is 0 Å². The molecule has 0 aliphatic rings. The zero-order chi connectivity index (χ0) is 10.0. The lowest BCUT2D eigenvalue weighted by Crippen LogP contribution is -1.93. The molecule has 0 heterocycles. The van der Waals surface area contributed by atoms with Crippen LogP contribution in [0, 0.1) is 0 Å². The van der Waals surface area contributed by atoms with E-state index in [1.165, 1.54) is 13.2 Å². The molecule has 72 valence electrons. The van der Waals surface area contributed by atoms with Crippen LogP contribution in [0.15, 0.2) is 26.0 Å². The standard InChI is InChI=1S/C7H6Br2O3S/c1-12-6-3-7(13(10)11)5(9)2-4(6)8/h2-3H,1H3,(H,10,11)/p-1. The first-order valence-electron chi connectivity index (χ1n) is 3.18. The number of benzene rings is 1. The van der Waals surface area contributed by atoms with Crippen molar-refractivity contribution in [2.75, 3.05) is 7.11 Å². The zero-order valence-electron chi connectivity index (χ0n) is 6.54. The maximum atomic E-state index is 10.7. The van der Waals surface area contributed by atoms with Gasteiger partial charge in [0.2, 0.25) is 0 Å². The normalized spacial score (nSPS) is 12.6. The molecule has 0 aromatic heterocycles. The highest BCUT2D eigenvalue weighted by molar-refractivity contribution is 9.11. The minimum absolute atomic E-state index is 0.181. The lowest BCUT2D eigenvalue weighted by molar-refractivity contribution is 0.410. The summed E-state index contributed by atoms with van der Waals surface area (Å²) in [7, 11) is 1.48. The van der Waals surface area contributed by atoms with Crippen LogP contribution in [0.2, 0.25) is 0 Å². The van der Waals surface area contributed by atoms with Crippen LogP contribution in [0.25, 0.3) is 0 Å². The van der Waals surface area contributed by atoms with Crippen LogP contribution in [0.3, 0.4) is 0 Å². The molecule has 0 N–H and O–H groups in total. The zero-order valence-corrected chi connectivity index (χ0v) is 10.5. The first kappa shape index (κ1) is 11.2. The fourth-order valence-electron chi connectivity index (χ4n) is 0.795. The lowest BCUT2D eigenvalue weighted by Gasteiger charge is -2.11. The van der Waals surface area contributed by atoms with Crippen molar-refractivity contribution in [3.05, 3.63) is 21.1 Å². The van der Waals surface area contributed by atoms with Crippen molar-refractivity contribution in [2.45, 2.75) is 4.90 Å². The Bertz CT molecular complexity index is 354. The van der Waals surface area contributed by atoms with Gasteiger partial charge in [0.25, 0.3) is 0 Å². The predicted octanol–water partition coefficient (Wildman–Crippen LogP) is 2.46. The van der Waals surface area contributed by atoms with Crippen LogP contribution in [-0.2, 0) is 11.1 Å². The molecule has 0 saturated heterocycles. The first-order valence-corrected chi connectivity index (χ1v) is 5.84. The minimum Gasteiger partial charge on any atom is -0.768 e. The summed E-state index contributed by atoms with van der Waals surface area (Å²) in [5, 5.41) is 0. The Balaban J connectivity index is 3.30. The molecule has 6 heteroatoms. The van der Waals surface area contributed by atoms with Gasteiger partial charge in [-0.1, -0.05) is 0 Å². The average molecular weight is 329 g/mol. The molecule has 0 spiro atoms. The second-order valence-electron chi connectivity index (χ2n) is 2.15. The van der Waals surface area contributed by atoms with Gasteiger partial charge in [0.05, 0.1) is 11.6 Å². The molecule has 0 fully saturated rings.